The molecule has 0 amide bonds. The van der Waals surface area contributed by atoms with Gasteiger partial charge in [-0.25, -0.2) is 9.31 Å². The van der Waals surface area contributed by atoms with Crippen LogP contribution in [0.4, 0.5) is 0 Å². The van der Waals surface area contributed by atoms with Crippen LogP contribution in [0.25, 0.3) is 0 Å². The Kier molecular flexibility index (Phi) is 3.49. The van der Waals surface area contributed by atoms with Gasteiger partial charge in [0, 0.05) is 18.7 Å². The number of rotatable bonds is 4. The molecule has 7 heteroatoms. The lowest BCUT2D eigenvalue weighted by Crippen LogP contribution is -2.37. The first kappa shape index (κ1) is 13.6. The van der Waals surface area contributed by atoms with Gasteiger partial charge in [-0.15, -0.1) is 0 Å². The van der Waals surface area contributed by atoms with E-state index in [1.54, 1.807) is 16.9 Å². The molecular formula is C15H19N5O2. The molecule has 2 aromatic rings. The normalized spacial score (nSPS) is 21.4. The number of likely N-dealkylation sites (tertiary alicyclic amines) is 1. The molecule has 7 nitrogen and oxygen atoms in total. The van der Waals surface area contributed by atoms with Gasteiger partial charge in [0.1, 0.15) is 5.69 Å². The third kappa shape index (κ3) is 2.56. The number of aromatic nitrogens is 4. The molecule has 1 fully saturated rings. The first-order chi connectivity index (χ1) is 10.8. The summed E-state index contributed by atoms with van der Waals surface area (Å²) in [4.78, 5) is 14.6. The molecule has 1 aliphatic heterocycles. The molecule has 116 valence electrons. The van der Waals surface area contributed by atoms with Gasteiger partial charge in [-0.2, -0.15) is 5.10 Å². The maximum atomic E-state index is 12.2. The van der Waals surface area contributed by atoms with E-state index in [1.807, 2.05) is 0 Å². The van der Waals surface area contributed by atoms with Gasteiger partial charge in [0.25, 0.3) is 5.56 Å². The minimum absolute atomic E-state index is 0.0237. The summed E-state index contributed by atoms with van der Waals surface area (Å²) in [7, 11) is 0. The van der Waals surface area contributed by atoms with Crippen LogP contribution >= 0.6 is 0 Å². The fourth-order valence-electron chi connectivity index (χ4n) is 3.54. The third-order valence-corrected chi connectivity index (χ3v) is 4.68. The van der Waals surface area contributed by atoms with E-state index in [0.717, 1.165) is 55.6 Å². The molecule has 22 heavy (non-hydrogen) atoms. The molecule has 0 radical (unpaired) electrons. The SMILES string of the molecule is O=c1cc2c(nn1CC1CCCN1Cc1cnon1)CCC2. The highest BCUT2D eigenvalue weighted by molar-refractivity contribution is 5.22. The van der Waals surface area contributed by atoms with Crippen molar-refractivity contribution in [2.45, 2.75) is 51.2 Å². The quantitative estimate of drug-likeness (QED) is 0.830. The summed E-state index contributed by atoms with van der Waals surface area (Å²) in [6.07, 6.45) is 6.96. The predicted molar refractivity (Wildman–Crippen MR) is 78.3 cm³/mol. The summed E-state index contributed by atoms with van der Waals surface area (Å²) in [5, 5.41) is 12.1. The lowest BCUT2D eigenvalue weighted by molar-refractivity contribution is 0.208. The lowest BCUT2D eigenvalue weighted by atomic mass is 10.2. The van der Waals surface area contributed by atoms with Crippen LogP contribution in [-0.2, 0) is 25.9 Å². The first-order valence-electron chi connectivity index (χ1n) is 7.90. The fraction of sp³-hybridized carbons (Fsp3) is 0.600. The molecule has 1 aliphatic carbocycles. The number of hydrogen-bond donors (Lipinski definition) is 0. The topological polar surface area (TPSA) is 77.0 Å². The van der Waals surface area contributed by atoms with Crippen molar-refractivity contribution in [3.8, 4) is 0 Å². The van der Waals surface area contributed by atoms with Crippen LogP contribution in [0, 0.1) is 0 Å². The molecule has 2 aromatic heterocycles. The maximum absolute atomic E-state index is 12.2. The van der Waals surface area contributed by atoms with Gasteiger partial charge in [-0.3, -0.25) is 9.69 Å². The van der Waals surface area contributed by atoms with Crippen LogP contribution in [0.1, 0.15) is 36.2 Å². The van der Waals surface area contributed by atoms with Gasteiger partial charge in [0.05, 0.1) is 18.4 Å². The van der Waals surface area contributed by atoms with Crippen LogP contribution < -0.4 is 5.56 Å². The molecule has 0 saturated carbocycles. The Morgan fingerprint density at radius 2 is 2.27 bits per heavy atom. The molecular weight excluding hydrogens is 282 g/mol. The van der Waals surface area contributed by atoms with Gasteiger partial charge in [-0.05, 0) is 44.2 Å². The average molecular weight is 301 g/mol. The number of hydrogen-bond acceptors (Lipinski definition) is 6. The van der Waals surface area contributed by atoms with Crippen molar-refractivity contribution in [3.05, 3.63) is 39.6 Å². The Hall–Kier alpha value is -2.02. The van der Waals surface area contributed by atoms with Gasteiger partial charge < -0.3 is 0 Å². The molecule has 0 bridgehead atoms. The summed E-state index contributed by atoms with van der Waals surface area (Å²) in [5.41, 5.74) is 3.10. The minimum atomic E-state index is 0.0237. The first-order valence-corrected chi connectivity index (χ1v) is 7.90. The van der Waals surface area contributed by atoms with E-state index in [4.69, 9.17) is 0 Å². The Morgan fingerprint density at radius 3 is 3.14 bits per heavy atom. The van der Waals surface area contributed by atoms with Gasteiger partial charge in [-0.1, -0.05) is 10.3 Å². The second kappa shape index (κ2) is 5.64. The van der Waals surface area contributed by atoms with Gasteiger partial charge in [0.15, 0.2) is 0 Å². The van der Waals surface area contributed by atoms with E-state index >= 15 is 0 Å². The maximum Gasteiger partial charge on any atom is 0.267 e. The van der Waals surface area contributed by atoms with Crippen LogP contribution in [-0.4, -0.2) is 37.6 Å². The van der Waals surface area contributed by atoms with Crippen molar-refractivity contribution in [1.82, 2.24) is 25.0 Å². The molecule has 0 spiro atoms. The second-order valence-electron chi connectivity index (χ2n) is 6.16. The largest absolute Gasteiger partial charge is 0.293 e. The van der Waals surface area contributed by atoms with E-state index in [-0.39, 0.29) is 5.56 Å². The summed E-state index contributed by atoms with van der Waals surface area (Å²) in [6.45, 7) is 2.38. The summed E-state index contributed by atoms with van der Waals surface area (Å²) in [6, 6.07) is 2.09. The molecule has 1 unspecified atom stereocenters. The van der Waals surface area contributed by atoms with Crippen molar-refractivity contribution in [1.29, 1.82) is 0 Å². The van der Waals surface area contributed by atoms with E-state index < -0.39 is 0 Å². The molecule has 0 aromatic carbocycles. The molecule has 2 aliphatic rings. The zero-order chi connectivity index (χ0) is 14.9. The molecule has 0 N–H and O–H groups in total. The third-order valence-electron chi connectivity index (χ3n) is 4.68. The van der Waals surface area contributed by atoms with Crippen molar-refractivity contribution in [2.75, 3.05) is 6.54 Å². The summed E-state index contributed by atoms with van der Waals surface area (Å²) < 4.78 is 6.30. The van der Waals surface area contributed by atoms with Crippen LogP contribution in [0.15, 0.2) is 21.7 Å². The van der Waals surface area contributed by atoms with E-state index in [9.17, 15) is 4.79 Å². The monoisotopic (exact) mass is 301 g/mol. The molecule has 1 saturated heterocycles. The summed E-state index contributed by atoms with van der Waals surface area (Å²) in [5.74, 6) is 0. The molecule has 3 heterocycles. The molecule has 4 rings (SSSR count). The van der Waals surface area contributed by atoms with Crippen LogP contribution in [0.2, 0.25) is 0 Å². The van der Waals surface area contributed by atoms with Crippen molar-refractivity contribution >= 4 is 0 Å². The van der Waals surface area contributed by atoms with Crippen molar-refractivity contribution < 1.29 is 4.63 Å². The van der Waals surface area contributed by atoms with E-state index in [1.165, 1.54) is 0 Å². The van der Waals surface area contributed by atoms with E-state index in [0.29, 0.717) is 19.1 Å². The zero-order valence-corrected chi connectivity index (χ0v) is 12.4. The highest BCUT2D eigenvalue weighted by Gasteiger charge is 2.27. The van der Waals surface area contributed by atoms with Crippen molar-refractivity contribution in [2.24, 2.45) is 0 Å². The molecule has 1 atom stereocenters. The van der Waals surface area contributed by atoms with Crippen molar-refractivity contribution in [3.63, 3.8) is 0 Å². The highest BCUT2D eigenvalue weighted by Crippen LogP contribution is 2.21. The Morgan fingerprint density at radius 1 is 1.32 bits per heavy atom. The van der Waals surface area contributed by atoms with E-state index in [2.05, 4.69) is 24.9 Å². The Balaban J connectivity index is 1.51. The zero-order valence-electron chi connectivity index (χ0n) is 12.4. The Bertz CT molecular complexity index is 709. The van der Waals surface area contributed by atoms with Crippen LogP contribution in [0.3, 0.4) is 0 Å². The van der Waals surface area contributed by atoms with Gasteiger partial charge in [0.2, 0.25) is 0 Å². The average Bonchev–Trinajstić information content (AvgIpc) is 3.23. The number of nitrogens with zero attached hydrogens (tertiary/aromatic N) is 5. The number of aryl methyl sites for hydroxylation is 2. The smallest absolute Gasteiger partial charge is 0.267 e. The predicted octanol–water partition coefficient (Wildman–Crippen LogP) is 0.780. The lowest BCUT2D eigenvalue weighted by Gasteiger charge is -2.23. The fourth-order valence-corrected chi connectivity index (χ4v) is 3.54. The highest BCUT2D eigenvalue weighted by atomic mass is 16.6. The standard InChI is InChI=1S/C15H19N5O2/c21-15-7-11-3-1-5-14(11)17-20(15)10-13-4-2-6-19(13)9-12-8-16-22-18-12/h7-8,13H,1-6,9-10H2. The Labute approximate surface area is 127 Å². The summed E-state index contributed by atoms with van der Waals surface area (Å²) >= 11 is 0. The minimum Gasteiger partial charge on any atom is -0.293 e. The second-order valence-corrected chi connectivity index (χ2v) is 6.16. The number of fused-ring (bicyclic) bond motifs is 1. The van der Waals surface area contributed by atoms with Crippen LogP contribution in [0.5, 0.6) is 0 Å². The van der Waals surface area contributed by atoms with Gasteiger partial charge >= 0.3 is 0 Å².